The summed E-state index contributed by atoms with van der Waals surface area (Å²) >= 11 is 0. The highest BCUT2D eigenvalue weighted by atomic mass is 32.2. The molecular formula is C26H37N4O9S-. The van der Waals surface area contributed by atoms with Gasteiger partial charge in [-0.05, 0) is 37.2 Å². The lowest BCUT2D eigenvalue weighted by Gasteiger charge is -2.30. The Morgan fingerprint density at radius 2 is 1.88 bits per heavy atom. The fourth-order valence-corrected chi connectivity index (χ4v) is 5.51. The predicted octanol–water partition coefficient (Wildman–Crippen LogP) is 0.193. The maximum absolute atomic E-state index is 13.1. The van der Waals surface area contributed by atoms with Gasteiger partial charge in [-0.1, -0.05) is 44.2 Å². The number of amides is 4. The lowest BCUT2D eigenvalue weighted by Crippen LogP contribution is -2.55. The minimum atomic E-state index is -5.21. The standard InChI is InChI=1S/C26H38N4O9S/c1-16(2)12-20(24(33)28-21(25(34)40(36,37)38)13-18-10-11-27-23(18)32)29-26(35)39-15-19-8-9-22(31)30(19)14-17-6-4-3-5-7-17/h3-7,16,18-21,25,34H,8-15H2,1-2H3,(H,27,32)(H,28,33)(H,29,35)(H,36,37,38)/p-1/t18-,19-,20-,21-,25?/m0/s1. The zero-order valence-corrected chi connectivity index (χ0v) is 23.4. The second kappa shape index (κ2) is 13.9. The van der Waals surface area contributed by atoms with Crippen molar-refractivity contribution in [3.8, 4) is 0 Å². The van der Waals surface area contributed by atoms with E-state index < -0.39 is 45.6 Å². The number of aliphatic hydroxyl groups excluding tert-OH is 1. The van der Waals surface area contributed by atoms with Crippen LogP contribution in [0.25, 0.3) is 0 Å². The third-order valence-electron chi connectivity index (χ3n) is 7.04. The van der Waals surface area contributed by atoms with Crippen LogP contribution < -0.4 is 16.0 Å². The van der Waals surface area contributed by atoms with E-state index in [4.69, 9.17) is 4.74 Å². The molecule has 3 rings (SSSR count). The maximum Gasteiger partial charge on any atom is 0.407 e. The largest absolute Gasteiger partial charge is 0.746 e. The van der Waals surface area contributed by atoms with Crippen LogP contribution in [-0.4, -0.2) is 83.5 Å². The van der Waals surface area contributed by atoms with Crippen molar-refractivity contribution in [2.45, 2.75) is 76.1 Å². The summed E-state index contributed by atoms with van der Waals surface area (Å²) in [5.41, 5.74) is -1.54. The summed E-state index contributed by atoms with van der Waals surface area (Å²) in [6.45, 7) is 4.24. The van der Waals surface area contributed by atoms with Gasteiger partial charge < -0.3 is 35.2 Å². The summed E-state index contributed by atoms with van der Waals surface area (Å²) in [6.07, 6.45) is 0.135. The average molecular weight is 582 g/mol. The summed E-state index contributed by atoms with van der Waals surface area (Å²) in [4.78, 5) is 51.8. The number of aliphatic hydroxyl groups is 1. The summed E-state index contributed by atoms with van der Waals surface area (Å²) in [5.74, 6) is -2.04. The van der Waals surface area contributed by atoms with E-state index >= 15 is 0 Å². The van der Waals surface area contributed by atoms with E-state index in [-0.39, 0.29) is 43.2 Å². The SMILES string of the molecule is CC(C)C[C@H](NC(=O)OC[C@@H]1CCC(=O)N1Cc1ccccc1)C(=O)N[C@@H](C[C@@H]1CCNC1=O)C(O)S(=O)(=O)[O-]. The number of carbonyl (C=O) groups excluding carboxylic acids is 4. The van der Waals surface area contributed by atoms with Crippen molar-refractivity contribution in [3.63, 3.8) is 0 Å². The van der Waals surface area contributed by atoms with E-state index in [1.165, 1.54) is 0 Å². The van der Waals surface area contributed by atoms with Gasteiger partial charge in [0.25, 0.3) is 0 Å². The second-order valence-corrected chi connectivity index (χ2v) is 12.1. The molecule has 40 heavy (non-hydrogen) atoms. The Morgan fingerprint density at radius 1 is 1.18 bits per heavy atom. The third kappa shape index (κ3) is 8.89. The summed E-state index contributed by atoms with van der Waals surface area (Å²) < 4.78 is 40.0. The van der Waals surface area contributed by atoms with Gasteiger partial charge in [-0.25, -0.2) is 13.2 Å². The molecule has 1 aromatic carbocycles. The molecule has 14 heteroatoms. The monoisotopic (exact) mass is 581 g/mol. The van der Waals surface area contributed by atoms with E-state index in [0.717, 1.165) is 5.56 Å². The van der Waals surface area contributed by atoms with E-state index in [1.807, 2.05) is 30.3 Å². The number of ether oxygens (including phenoxy) is 1. The third-order valence-corrected chi connectivity index (χ3v) is 7.96. The fraction of sp³-hybridized carbons (Fsp3) is 0.615. The highest BCUT2D eigenvalue weighted by molar-refractivity contribution is 7.86. The number of benzene rings is 1. The quantitative estimate of drug-likeness (QED) is 0.235. The molecular weight excluding hydrogens is 544 g/mol. The average Bonchev–Trinajstić information content (AvgIpc) is 3.45. The minimum Gasteiger partial charge on any atom is -0.746 e. The van der Waals surface area contributed by atoms with Gasteiger partial charge in [0.1, 0.15) is 22.8 Å². The Labute approximate surface area is 233 Å². The first-order chi connectivity index (χ1) is 18.8. The van der Waals surface area contributed by atoms with Gasteiger partial charge in [-0.2, -0.15) is 0 Å². The highest BCUT2D eigenvalue weighted by Gasteiger charge is 2.36. The zero-order chi connectivity index (χ0) is 29.4. The van der Waals surface area contributed by atoms with Gasteiger partial charge in [0.05, 0.1) is 12.1 Å². The number of alkyl carbamates (subject to hydrolysis) is 1. The van der Waals surface area contributed by atoms with Crippen molar-refractivity contribution in [1.82, 2.24) is 20.9 Å². The van der Waals surface area contributed by atoms with Gasteiger partial charge in [-0.15, -0.1) is 0 Å². The summed E-state index contributed by atoms with van der Waals surface area (Å²) in [5, 5.41) is 17.5. The molecule has 2 aliphatic rings. The van der Waals surface area contributed by atoms with Crippen molar-refractivity contribution >= 4 is 33.9 Å². The molecule has 0 spiro atoms. The van der Waals surface area contributed by atoms with Gasteiger partial charge in [0, 0.05) is 25.4 Å². The van der Waals surface area contributed by atoms with Crippen LogP contribution in [0.1, 0.15) is 51.5 Å². The lowest BCUT2D eigenvalue weighted by atomic mass is 9.97. The van der Waals surface area contributed by atoms with Crippen LogP contribution in [-0.2, 0) is 35.8 Å². The van der Waals surface area contributed by atoms with Crippen LogP contribution in [0.15, 0.2) is 30.3 Å². The Bertz CT molecular complexity index is 1160. The van der Waals surface area contributed by atoms with Gasteiger partial charge in [-0.3, -0.25) is 14.4 Å². The fourth-order valence-electron chi connectivity index (χ4n) is 4.93. The number of hydrogen-bond donors (Lipinski definition) is 4. The molecule has 2 aliphatic heterocycles. The van der Waals surface area contributed by atoms with Gasteiger partial charge >= 0.3 is 6.09 Å². The van der Waals surface area contributed by atoms with Crippen molar-refractivity contribution in [1.29, 1.82) is 0 Å². The highest BCUT2D eigenvalue weighted by Crippen LogP contribution is 2.22. The second-order valence-electron chi connectivity index (χ2n) is 10.6. The van der Waals surface area contributed by atoms with Crippen LogP contribution >= 0.6 is 0 Å². The molecule has 4 N–H and O–H groups in total. The normalized spacial score (nSPS) is 21.6. The molecule has 2 fully saturated rings. The van der Waals surface area contributed by atoms with Crippen LogP contribution in [0.3, 0.4) is 0 Å². The first kappa shape index (κ1) is 31.3. The number of rotatable bonds is 13. The molecule has 0 radical (unpaired) electrons. The van der Waals surface area contributed by atoms with Gasteiger partial charge in [0.2, 0.25) is 17.7 Å². The lowest BCUT2D eigenvalue weighted by molar-refractivity contribution is -0.130. The Kier molecular flexibility index (Phi) is 10.9. The molecule has 5 atom stereocenters. The summed E-state index contributed by atoms with van der Waals surface area (Å²) in [7, 11) is -5.21. The topological polar surface area (TPSA) is 194 Å². The van der Waals surface area contributed by atoms with E-state index in [9.17, 15) is 37.3 Å². The van der Waals surface area contributed by atoms with Gasteiger partial charge in [0.15, 0.2) is 5.44 Å². The zero-order valence-electron chi connectivity index (χ0n) is 22.6. The number of carbonyl (C=O) groups is 4. The van der Waals surface area contributed by atoms with E-state index in [1.54, 1.807) is 18.7 Å². The van der Waals surface area contributed by atoms with E-state index in [0.29, 0.717) is 32.4 Å². The minimum absolute atomic E-state index is 0.0520. The number of likely N-dealkylation sites (tertiary alicyclic amines) is 1. The van der Waals surface area contributed by atoms with Crippen LogP contribution in [0.4, 0.5) is 4.79 Å². The van der Waals surface area contributed by atoms with Crippen LogP contribution in [0.5, 0.6) is 0 Å². The van der Waals surface area contributed by atoms with Crippen LogP contribution in [0.2, 0.25) is 0 Å². The van der Waals surface area contributed by atoms with Crippen molar-refractivity contribution in [3.05, 3.63) is 35.9 Å². The molecule has 0 saturated carbocycles. The van der Waals surface area contributed by atoms with Crippen molar-refractivity contribution < 1.29 is 42.0 Å². The Balaban J connectivity index is 1.62. The Morgan fingerprint density at radius 3 is 2.48 bits per heavy atom. The molecule has 1 aromatic rings. The molecule has 2 saturated heterocycles. The van der Waals surface area contributed by atoms with Crippen molar-refractivity contribution in [2.24, 2.45) is 11.8 Å². The smallest absolute Gasteiger partial charge is 0.407 e. The maximum atomic E-state index is 13.1. The molecule has 0 aromatic heterocycles. The predicted molar refractivity (Wildman–Crippen MR) is 141 cm³/mol. The first-order valence-corrected chi connectivity index (χ1v) is 14.8. The Hall–Kier alpha value is -3.23. The van der Waals surface area contributed by atoms with Crippen LogP contribution in [0, 0.1) is 11.8 Å². The molecule has 4 amide bonds. The molecule has 1 unspecified atom stereocenters. The number of nitrogens with one attached hydrogen (secondary N) is 3. The molecule has 2 heterocycles. The molecule has 222 valence electrons. The summed E-state index contributed by atoms with van der Waals surface area (Å²) in [6, 6.07) is 6.32. The van der Waals surface area contributed by atoms with Crippen molar-refractivity contribution in [2.75, 3.05) is 13.2 Å². The molecule has 13 nitrogen and oxygen atoms in total. The van der Waals surface area contributed by atoms with E-state index in [2.05, 4.69) is 16.0 Å². The number of nitrogens with zero attached hydrogens (tertiary/aromatic N) is 1. The first-order valence-electron chi connectivity index (χ1n) is 13.3. The number of hydrogen-bond acceptors (Lipinski definition) is 9. The molecule has 0 aliphatic carbocycles. The molecule has 0 bridgehead atoms.